The van der Waals surface area contributed by atoms with E-state index in [1.54, 1.807) is 58.8 Å². The van der Waals surface area contributed by atoms with Crippen molar-refractivity contribution in [3.63, 3.8) is 0 Å². The molecule has 0 unspecified atom stereocenters. The summed E-state index contributed by atoms with van der Waals surface area (Å²) in [6, 6.07) is 12.0. The molecule has 384 valence electrons. The Kier molecular flexibility index (Phi) is 13.6. The lowest BCUT2D eigenvalue weighted by atomic mass is 9.96. The second-order valence-corrected chi connectivity index (χ2v) is 23.9. The second-order valence-electron chi connectivity index (χ2n) is 19.9. The molecule has 17 nitrogen and oxygen atoms in total. The van der Waals surface area contributed by atoms with Gasteiger partial charge in [-0.15, -0.1) is 0 Å². The van der Waals surface area contributed by atoms with E-state index < -0.39 is 24.8 Å². The minimum atomic E-state index is -2.93. The van der Waals surface area contributed by atoms with Crippen molar-refractivity contribution in [2.75, 3.05) is 93.2 Å². The van der Waals surface area contributed by atoms with Gasteiger partial charge >= 0.3 is 5.69 Å². The van der Waals surface area contributed by atoms with E-state index in [0.717, 1.165) is 56.7 Å². The Morgan fingerprint density at radius 3 is 2.34 bits per heavy atom. The number of methoxy groups -OCH3 is 1. The first kappa shape index (κ1) is 50.2. The average molecular weight is 1080 g/mol. The number of hydrogen-bond donors (Lipinski definition) is 3. The maximum atomic E-state index is 15.5. The van der Waals surface area contributed by atoms with Crippen LogP contribution in [0.4, 0.5) is 43.3 Å². The fourth-order valence-electron chi connectivity index (χ4n) is 11.1. The summed E-state index contributed by atoms with van der Waals surface area (Å²) in [4.78, 5) is 62.1. The number of carbonyl (C=O) groups excluding carboxylic acids is 2. The summed E-state index contributed by atoms with van der Waals surface area (Å²) in [5.74, 6) is 0.136. The standard InChI is InChI=1S/C52H60BrF2N12O5P/c1-8-31-23-40(60-51-56-26-35(53)49(61-51)59-39-11-10-38-34(48(39)73(6,7)71)24-37(55)29(2)57-38)44(72-5)25-43(31)64-17-15-33(16-18-64)63-19-21-65(22-20-63)50(69)32-27-66(28-32)42-12-9-36(54)46-47(42)62(4)52(70)67(46)41-13-14-45(68)58-30(41)3/h9-12,23-26,32-33,41H,3,8,13-22,27-28H2,1-2,4-7H3,(H,58,68)(H2,56,59,60,61)/t41-/m0/s1. The number of piperazine rings is 1. The van der Waals surface area contributed by atoms with Gasteiger partial charge in [0.1, 0.15) is 35.9 Å². The van der Waals surface area contributed by atoms with E-state index in [2.05, 4.69) is 77.3 Å². The number of aryl methyl sites for hydroxylation is 3. The maximum Gasteiger partial charge on any atom is 0.329 e. The van der Waals surface area contributed by atoms with E-state index in [-0.39, 0.29) is 41.1 Å². The number of ether oxygens (including phenoxy) is 1. The number of piperidine rings is 2. The molecule has 3 N–H and O–H groups in total. The zero-order valence-electron chi connectivity index (χ0n) is 41.9. The Morgan fingerprint density at radius 1 is 0.918 bits per heavy atom. The molecule has 4 aliphatic heterocycles. The van der Waals surface area contributed by atoms with Gasteiger partial charge in [-0.25, -0.2) is 18.6 Å². The molecule has 0 bridgehead atoms. The van der Waals surface area contributed by atoms with Gasteiger partial charge < -0.3 is 40.0 Å². The van der Waals surface area contributed by atoms with Crippen LogP contribution in [0.15, 0.2) is 70.2 Å². The van der Waals surface area contributed by atoms with Crippen LogP contribution < -0.4 is 41.5 Å². The fourth-order valence-corrected chi connectivity index (χ4v) is 12.9. The zero-order valence-corrected chi connectivity index (χ0v) is 44.4. The number of benzene rings is 3. The van der Waals surface area contributed by atoms with Crippen LogP contribution in [0.1, 0.15) is 49.9 Å². The Bertz CT molecular complexity index is 3320. The smallest absolute Gasteiger partial charge is 0.329 e. The van der Waals surface area contributed by atoms with Crippen molar-refractivity contribution in [2.45, 2.75) is 58.0 Å². The van der Waals surface area contributed by atoms with Gasteiger partial charge in [-0.2, -0.15) is 4.98 Å². The Hall–Kier alpha value is -6.37. The minimum Gasteiger partial charge on any atom is -0.494 e. The van der Waals surface area contributed by atoms with Crippen molar-refractivity contribution in [3.8, 4) is 5.75 Å². The third-order valence-electron chi connectivity index (χ3n) is 15.0. The van der Waals surface area contributed by atoms with E-state index in [4.69, 9.17) is 9.72 Å². The molecule has 0 aliphatic carbocycles. The summed E-state index contributed by atoms with van der Waals surface area (Å²) in [5.41, 5.74) is 5.65. The molecule has 7 heterocycles. The van der Waals surface area contributed by atoms with Crippen LogP contribution in [-0.2, 0) is 27.6 Å². The van der Waals surface area contributed by atoms with Crippen LogP contribution in [0.2, 0.25) is 0 Å². The molecule has 73 heavy (non-hydrogen) atoms. The van der Waals surface area contributed by atoms with Crippen molar-refractivity contribution in [1.82, 2.24) is 39.2 Å². The second kappa shape index (κ2) is 19.8. The molecule has 3 aromatic heterocycles. The lowest BCUT2D eigenvalue weighted by Crippen LogP contribution is -2.59. The van der Waals surface area contributed by atoms with Gasteiger partial charge in [0, 0.05) is 106 Å². The van der Waals surface area contributed by atoms with Crippen molar-refractivity contribution >= 4 is 96.6 Å². The number of halogens is 3. The van der Waals surface area contributed by atoms with Gasteiger partial charge in [-0.3, -0.25) is 28.6 Å². The van der Waals surface area contributed by atoms with Crippen LogP contribution in [-0.4, -0.2) is 125 Å². The molecule has 4 aliphatic rings. The van der Waals surface area contributed by atoms with Crippen molar-refractivity contribution in [3.05, 3.63) is 98.8 Å². The molecular weight excluding hydrogens is 1020 g/mol. The van der Waals surface area contributed by atoms with E-state index in [9.17, 15) is 23.3 Å². The molecule has 1 atom stereocenters. The van der Waals surface area contributed by atoms with Crippen LogP contribution >= 0.6 is 23.1 Å². The molecule has 3 aromatic carbocycles. The van der Waals surface area contributed by atoms with Gasteiger partial charge in [-0.1, -0.05) is 13.5 Å². The molecule has 0 radical (unpaired) electrons. The number of pyridine rings is 1. The number of nitrogens with zero attached hydrogens (tertiary/aromatic N) is 9. The molecule has 0 saturated carbocycles. The molecule has 4 fully saturated rings. The number of imidazole rings is 1. The van der Waals surface area contributed by atoms with Crippen LogP contribution in [0.3, 0.4) is 0 Å². The van der Waals surface area contributed by atoms with Crippen LogP contribution in [0.25, 0.3) is 21.9 Å². The van der Waals surface area contributed by atoms with Crippen LogP contribution in [0.5, 0.6) is 5.75 Å². The molecular formula is C52H60BrF2N12O5P. The van der Waals surface area contributed by atoms with Gasteiger partial charge in [0.25, 0.3) is 0 Å². The largest absolute Gasteiger partial charge is 0.494 e. The van der Waals surface area contributed by atoms with Crippen molar-refractivity contribution < 1.29 is 27.7 Å². The van der Waals surface area contributed by atoms with E-state index in [0.29, 0.717) is 105 Å². The highest BCUT2D eigenvalue weighted by Crippen LogP contribution is 2.43. The Balaban J connectivity index is 0.753. The monoisotopic (exact) mass is 1080 g/mol. The molecule has 0 spiro atoms. The Labute approximate surface area is 430 Å². The number of rotatable bonds is 12. The molecule has 2 amide bonds. The number of allylic oxidation sites excluding steroid dienone is 1. The highest BCUT2D eigenvalue weighted by Gasteiger charge is 2.40. The lowest BCUT2D eigenvalue weighted by molar-refractivity contribution is -0.138. The number of amides is 2. The summed E-state index contributed by atoms with van der Waals surface area (Å²) < 4.78 is 53.4. The zero-order chi connectivity index (χ0) is 51.6. The molecule has 4 saturated heterocycles. The van der Waals surface area contributed by atoms with Crippen molar-refractivity contribution in [1.29, 1.82) is 0 Å². The first-order valence-corrected chi connectivity index (χ1v) is 28.1. The van der Waals surface area contributed by atoms with Crippen molar-refractivity contribution in [2.24, 2.45) is 13.0 Å². The van der Waals surface area contributed by atoms with E-state index >= 15 is 4.39 Å². The number of carbonyl (C=O) groups is 2. The fraction of sp³-hybridized carbons (Fsp3) is 0.423. The summed E-state index contributed by atoms with van der Waals surface area (Å²) in [6.07, 6.45) is 4.94. The van der Waals surface area contributed by atoms with Gasteiger partial charge in [0.15, 0.2) is 0 Å². The average Bonchev–Trinajstić information content (AvgIpc) is 3.62. The molecule has 21 heteroatoms. The predicted molar refractivity (Wildman–Crippen MR) is 286 cm³/mol. The topological polar surface area (TPSA) is 175 Å². The van der Waals surface area contributed by atoms with Gasteiger partial charge in [0.05, 0.1) is 57.3 Å². The number of aromatic nitrogens is 5. The van der Waals surface area contributed by atoms with Crippen LogP contribution in [0, 0.1) is 24.5 Å². The van der Waals surface area contributed by atoms with Gasteiger partial charge in [0.2, 0.25) is 17.8 Å². The lowest BCUT2D eigenvalue weighted by Gasteiger charge is -2.46. The normalized spacial score (nSPS) is 18.4. The van der Waals surface area contributed by atoms with E-state index in [1.807, 2.05) is 9.80 Å². The summed E-state index contributed by atoms with van der Waals surface area (Å²) >= 11 is 3.57. The first-order chi connectivity index (χ1) is 34.9. The quantitative estimate of drug-likeness (QED) is 0.103. The number of hydrogen-bond acceptors (Lipinski definition) is 13. The highest BCUT2D eigenvalue weighted by atomic mass is 79.9. The summed E-state index contributed by atoms with van der Waals surface area (Å²) in [5, 5.41) is 10.4. The molecule has 10 rings (SSSR count). The number of fused-ring (bicyclic) bond motifs is 2. The summed E-state index contributed by atoms with van der Waals surface area (Å²) in [6.45, 7) is 16.6. The Morgan fingerprint density at radius 2 is 1.66 bits per heavy atom. The maximum absolute atomic E-state index is 15.5. The first-order valence-electron chi connectivity index (χ1n) is 24.8. The number of anilines is 6. The third-order valence-corrected chi connectivity index (χ3v) is 17.1. The third kappa shape index (κ3) is 9.46. The van der Waals surface area contributed by atoms with E-state index in [1.165, 1.54) is 21.3 Å². The SMILES string of the molecule is C=C1NC(=O)CC[C@@H]1n1c(=O)n(C)c2c(N3CC(C(=O)N4CCN(C5CCN(c6cc(OC)c(Nc7ncc(Br)c(Nc8ccc9nc(C)c(F)cc9c8P(C)(C)=O)n7)cc6CC)CC5)CC4)C3)ccc(F)c21. The predicted octanol–water partition coefficient (Wildman–Crippen LogP) is 7.55. The number of nitrogens with one attached hydrogen (secondary N) is 3. The summed E-state index contributed by atoms with van der Waals surface area (Å²) in [7, 11) is 0.334. The molecule has 6 aromatic rings. The minimum absolute atomic E-state index is 0.125. The highest BCUT2D eigenvalue weighted by molar-refractivity contribution is 9.10. The van der Waals surface area contributed by atoms with Gasteiger partial charge in [-0.05, 0) is 104 Å².